The molecule has 0 aliphatic carbocycles. The molecule has 5 nitrogen and oxygen atoms in total. The first-order valence-electron chi connectivity index (χ1n) is 7.65. The number of likely N-dealkylation sites (tertiary alicyclic amines) is 1. The molecule has 0 saturated carbocycles. The zero-order valence-electron chi connectivity index (χ0n) is 12.2. The lowest BCUT2D eigenvalue weighted by atomic mass is 10.1. The SMILES string of the molecule is O[C@@H](CCn1cc(CN2CCCC2)nn1)c1ccccc1. The van der Waals surface area contributed by atoms with Crippen LogP contribution in [0.25, 0.3) is 0 Å². The van der Waals surface area contributed by atoms with Gasteiger partial charge in [-0.2, -0.15) is 0 Å². The summed E-state index contributed by atoms with van der Waals surface area (Å²) in [7, 11) is 0. The van der Waals surface area contributed by atoms with Gasteiger partial charge in [-0.1, -0.05) is 35.5 Å². The summed E-state index contributed by atoms with van der Waals surface area (Å²) in [6.07, 6.45) is 4.78. The summed E-state index contributed by atoms with van der Waals surface area (Å²) >= 11 is 0. The fourth-order valence-electron chi connectivity index (χ4n) is 2.79. The summed E-state index contributed by atoms with van der Waals surface area (Å²) in [6, 6.07) is 9.75. The average molecular weight is 286 g/mol. The van der Waals surface area contributed by atoms with Crippen molar-refractivity contribution < 1.29 is 5.11 Å². The van der Waals surface area contributed by atoms with Gasteiger partial charge in [0.1, 0.15) is 0 Å². The van der Waals surface area contributed by atoms with E-state index in [9.17, 15) is 5.11 Å². The monoisotopic (exact) mass is 286 g/mol. The van der Waals surface area contributed by atoms with Crippen molar-refractivity contribution in [2.45, 2.75) is 38.5 Å². The molecule has 112 valence electrons. The van der Waals surface area contributed by atoms with Gasteiger partial charge in [-0.15, -0.1) is 5.10 Å². The molecule has 1 aromatic carbocycles. The highest BCUT2D eigenvalue weighted by atomic mass is 16.3. The maximum Gasteiger partial charge on any atom is 0.0967 e. The summed E-state index contributed by atoms with van der Waals surface area (Å²) in [5, 5.41) is 18.5. The zero-order valence-corrected chi connectivity index (χ0v) is 12.2. The zero-order chi connectivity index (χ0) is 14.5. The van der Waals surface area contributed by atoms with Crippen molar-refractivity contribution in [3.05, 3.63) is 47.8 Å². The van der Waals surface area contributed by atoms with Gasteiger partial charge in [0.05, 0.1) is 11.8 Å². The highest BCUT2D eigenvalue weighted by molar-refractivity contribution is 5.17. The van der Waals surface area contributed by atoms with Crippen LogP contribution in [0.1, 0.15) is 36.6 Å². The van der Waals surface area contributed by atoms with Crippen molar-refractivity contribution in [2.75, 3.05) is 13.1 Å². The van der Waals surface area contributed by atoms with Gasteiger partial charge in [-0.3, -0.25) is 9.58 Å². The number of aliphatic hydroxyl groups is 1. The Morgan fingerprint density at radius 2 is 1.90 bits per heavy atom. The number of aliphatic hydroxyl groups excluding tert-OH is 1. The molecule has 2 aromatic rings. The number of hydrogen-bond acceptors (Lipinski definition) is 4. The third-order valence-electron chi connectivity index (χ3n) is 3.99. The molecule has 0 spiro atoms. The normalized spacial score (nSPS) is 17.2. The first-order chi connectivity index (χ1) is 10.3. The molecule has 1 aliphatic heterocycles. The predicted octanol–water partition coefficient (Wildman–Crippen LogP) is 2.00. The maximum absolute atomic E-state index is 10.1. The van der Waals surface area contributed by atoms with Gasteiger partial charge in [0.15, 0.2) is 0 Å². The second kappa shape index (κ2) is 6.83. The predicted molar refractivity (Wildman–Crippen MR) is 80.6 cm³/mol. The van der Waals surface area contributed by atoms with Gasteiger partial charge in [0.25, 0.3) is 0 Å². The Morgan fingerprint density at radius 1 is 1.14 bits per heavy atom. The van der Waals surface area contributed by atoms with Crippen LogP contribution in [0, 0.1) is 0 Å². The minimum Gasteiger partial charge on any atom is -0.388 e. The number of nitrogens with zero attached hydrogens (tertiary/aromatic N) is 4. The average Bonchev–Trinajstić information content (AvgIpc) is 3.18. The van der Waals surface area contributed by atoms with E-state index in [-0.39, 0.29) is 0 Å². The van der Waals surface area contributed by atoms with E-state index in [0.29, 0.717) is 13.0 Å². The van der Waals surface area contributed by atoms with Gasteiger partial charge in [0, 0.05) is 19.3 Å². The molecule has 2 heterocycles. The van der Waals surface area contributed by atoms with Crippen LogP contribution in [-0.4, -0.2) is 38.1 Å². The van der Waals surface area contributed by atoms with Gasteiger partial charge in [0.2, 0.25) is 0 Å². The number of rotatable bonds is 6. The van der Waals surface area contributed by atoms with Crippen molar-refractivity contribution in [1.29, 1.82) is 0 Å². The molecule has 1 saturated heterocycles. The molecule has 3 rings (SSSR count). The standard InChI is InChI=1S/C16H22N4O/c21-16(14-6-2-1-3-7-14)8-11-20-13-15(17-18-20)12-19-9-4-5-10-19/h1-3,6-7,13,16,21H,4-5,8-12H2/t16-/m0/s1. The summed E-state index contributed by atoms with van der Waals surface area (Å²) in [5.74, 6) is 0. The minimum absolute atomic E-state index is 0.447. The first kappa shape index (κ1) is 14.2. The third kappa shape index (κ3) is 3.89. The Labute approximate surface area is 125 Å². The molecule has 1 N–H and O–H groups in total. The van der Waals surface area contributed by atoms with E-state index in [0.717, 1.165) is 17.8 Å². The number of hydrogen-bond donors (Lipinski definition) is 1. The van der Waals surface area contributed by atoms with Gasteiger partial charge < -0.3 is 5.11 Å². The van der Waals surface area contributed by atoms with E-state index in [1.807, 2.05) is 41.2 Å². The largest absolute Gasteiger partial charge is 0.388 e. The summed E-state index contributed by atoms with van der Waals surface area (Å²) < 4.78 is 1.83. The second-order valence-electron chi connectivity index (χ2n) is 5.67. The Kier molecular flexibility index (Phi) is 4.62. The van der Waals surface area contributed by atoms with Crippen molar-refractivity contribution in [3.63, 3.8) is 0 Å². The van der Waals surface area contributed by atoms with Gasteiger partial charge in [-0.05, 0) is 37.9 Å². The first-order valence-corrected chi connectivity index (χ1v) is 7.65. The Hall–Kier alpha value is -1.72. The van der Waals surface area contributed by atoms with Crippen LogP contribution in [0.3, 0.4) is 0 Å². The fourth-order valence-corrected chi connectivity index (χ4v) is 2.79. The summed E-state index contributed by atoms with van der Waals surface area (Å²) in [5.41, 5.74) is 1.97. The lowest BCUT2D eigenvalue weighted by Crippen LogP contribution is -2.18. The third-order valence-corrected chi connectivity index (χ3v) is 3.99. The molecular weight excluding hydrogens is 264 g/mol. The van der Waals surface area contributed by atoms with E-state index in [2.05, 4.69) is 15.2 Å². The minimum atomic E-state index is -0.447. The lowest BCUT2D eigenvalue weighted by Gasteiger charge is -2.11. The molecule has 21 heavy (non-hydrogen) atoms. The summed E-state index contributed by atoms with van der Waals surface area (Å²) in [6.45, 7) is 3.91. The van der Waals surface area contributed by atoms with Crippen LogP contribution in [0.5, 0.6) is 0 Å². The van der Waals surface area contributed by atoms with Crippen LogP contribution in [0.15, 0.2) is 36.5 Å². The van der Waals surface area contributed by atoms with E-state index in [1.54, 1.807) is 0 Å². The Morgan fingerprint density at radius 3 is 2.67 bits per heavy atom. The summed E-state index contributed by atoms with van der Waals surface area (Å²) in [4.78, 5) is 2.41. The molecule has 1 aromatic heterocycles. The maximum atomic E-state index is 10.1. The van der Waals surface area contributed by atoms with Crippen LogP contribution >= 0.6 is 0 Å². The molecule has 0 bridgehead atoms. The van der Waals surface area contributed by atoms with Crippen molar-refractivity contribution >= 4 is 0 Å². The van der Waals surface area contributed by atoms with E-state index >= 15 is 0 Å². The van der Waals surface area contributed by atoms with Crippen molar-refractivity contribution in [2.24, 2.45) is 0 Å². The molecule has 1 aliphatic rings. The topological polar surface area (TPSA) is 54.2 Å². The molecule has 0 radical (unpaired) electrons. The van der Waals surface area contributed by atoms with E-state index in [1.165, 1.54) is 25.9 Å². The van der Waals surface area contributed by atoms with Crippen LogP contribution in [0.2, 0.25) is 0 Å². The molecule has 1 atom stereocenters. The quantitative estimate of drug-likeness (QED) is 0.882. The molecule has 0 amide bonds. The molecule has 1 fully saturated rings. The number of aryl methyl sites for hydroxylation is 1. The fraction of sp³-hybridized carbons (Fsp3) is 0.500. The second-order valence-corrected chi connectivity index (χ2v) is 5.67. The smallest absolute Gasteiger partial charge is 0.0967 e. The van der Waals surface area contributed by atoms with E-state index < -0.39 is 6.10 Å². The number of benzene rings is 1. The van der Waals surface area contributed by atoms with Crippen LogP contribution < -0.4 is 0 Å². The molecular formula is C16H22N4O. The van der Waals surface area contributed by atoms with Crippen molar-refractivity contribution in [1.82, 2.24) is 19.9 Å². The van der Waals surface area contributed by atoms with Gasteiger partial charge in [-0.25, -0.2) is 0 Å². The highest BCUT2D eigenvalue weighted by Gasteiger charge is 2.14. The van der Waals surface area contributed by atoms with Crippen molar-refractivity contribution in [3.8, 4) is 0 Å². The van der Waals surface area contributed by atoms with Crippen LogP contribution in [0.4, 0.5) is 0 Å². The number of aromatic nitrogens is 3. The highest BCUT2D eigenvalue weighted by Crippen LogP contribution is 2.17. The lowest BCUT2D eigenvalue weighted by molar-refractivity contribution is 0.159. The molecule has 0 unspecified atom stereocenters. The Bertz CT molecular complexity index is 548. The molecule has 5 heteroatoms. The Balaban J connectivity index is 1.50. The van der Waals surface area contributed by atoms with Crippen LogP contribution in [-0.2, 0) is 13.1 Å². The van der Waals surface area contributed by atoms with Gasteiger partial charge >= 0.3 is 0 Å². The van der Waals surface area contributed by atoms with E-state index in [4.69, 9.17) is 0 Å².